The summed E-state index contributed by atoms with van der Waals surface area (Å²) in [5, 5.41) is 0. The third-order valence-corrected chi connectivity index (χ3v) is 1.89. The monoisotopic (exact) mass is 188 g/mol. The summed E-state index contributed by atoms with van der Waals surface area (Å²) in [7, 11) is 0. The summed E-state index contributed by atoms with van der Waals surface area (Å²) in [6, 6.07) is 0. The Kier molecular flexibility index (Phi) is 20.6. The lowest BCUT2D eigenvalue weighted by atomic mass is 10.1. The Hall–Kier alpha value is 0.500. The Balaban J connectivity index is -0.000000245. The van der Waals surface area contributed by atoms with Crippen molar-refractivity contribution in [3.05, 3.63) is 0 Å². The lowest BCUT2D eigenvalue weighted by Gasteiger charge is -2.02. The summed E-state index contributed by atoms with van der Waals surface area (Å²) >= 11 is 11.0. The largest absolute Gasteiger partial charge is 0.344 e. The van der Waals surface area contributed by atoms with Gasteiger partial charge in [0.1, 0.15) is 0 Å². The average Bonchev–Trinajstić information content (AvgIpc) is 1.83. The van der Waals surface area contributed by atoms with Crippen molar-refractivity contribution in [1.82, 2.24) is 12.3 Å². The molecule has 1 atom stereocenters. The molecular weight excluding hydrogens is 171 g/mol. The van der Waals surface area contributed by atoms with Crippen molar-refractivity contribution >= 4 is 23.2 Å². The summed E-state index contributed by atoms with van der Waals surface area (Å²) in [4.78, 5) is 0. The molecule has 10 heavy (non-hydrogen) atoms. The van der Waals surface area contributed by atoms with Crippen molar-refractivity contribution < 1.29 is 0 Å². The van der Waals surface area contributed by atoms with Gasteiger partial charge in [-0.25, -0.2) is 0 Å². The van der Waals surface area contributed by atoms with Crippen LogP contribution in [-0.2, 0) is 0 Å². The van der Waals surface area contributed by atoms with E-state index < -0.39 is 0 Å². The first-order valence-electron chi connectivity index (χ1n) is 2.93. The molecule has 0 aliphatic heterocycles. The van der Waals surface area contributed by atoms with Gasteiger partial charge in [0.2, 0.25) is 0 Å². The number of alkyl halides is 2. The summed E-state index contributed by atoms with van der Waals surface area (Å²) in [6.07, 6.45) is 2.25. The number of hydrogen-bond acceptors (Lipinski definition) is 2. The molecule has 4 heteroatoms. The average molecular weight is 189 g/mol. The Bertz CT molecular complexity index is 53.0. The van der Waals surface area contributed by atoms with Crippen molar-refractivity contribution in [3.63, 3.8) is 0 Å². The highest BCUT2D eigenvalue weighted by Crippen LogP contribution is 2.07. The van der Waals surface area contributed by atoms with E-state index in [4.69, 9.17) is 23.2 Å². The molecule has 0 saturated heterocycles. The van der Waals surface area contributed by atoms with Gasteiger partial charge in [-0.3, -0.25) is 0 Å². The van der Waals surface area contributed by atoms with Crippen LogP contribution in [0.5, 0.6) is 0 Å². The highest BCUT2D eigenvalue weighted by atomic mass is 35.5. The molecule has 0 aromatic rings. The van der Waals surface area contributed by atoms with Gasteiger partial charge in [0.25, 0.3) is 0 Å². The quantitative estimate of drug-likeness (QED) is 0.666. The smallest absolute Gasteiger partial charge is 0.0249 e. The Labute approximate surface area is 73.4 Å². The molecule has 0 amide bonds. The molecule has 0 aromatic heterocycles. The van der Waals surface area contributed by atoms with E-state index in [9.17, 15) is 0 Å². The normalized spacial score (nSPS) is 11.1. The first-order chi connectivity index (χ1) is 3.81. The molecule has 0 aromatic carbocycles. The van der Waals surface area contributed by atoms with Crippen LogP contribution in [-0.4, -0.2) is 11.8 Å². The molecule has 66 valence electrons. The van der Waals surface area contributed by atoms with Gasteiger partial charge in [-0.05, 0) is 18.8 Å². The fourth-order valence-corrected chi connectivity index (χ4v) is 0.811. The third-order valence-electron chi connectivity index (χ3n) is 1.09. The highest BCUT2D eigenvalue weighted by molar-refractivity contribution is 6.18. The van der Waals surface area contributed by atoms with Gasteiger partial charge in [0.15, 0.2) is 0 Å². The standard InChI is InChI=1S/C6H12Cl2.2H3N/c1-6(5-8)3-2-4-7;;/h6H,2-5H2,1H3;2*1H3. The first kappa shape index (κ1) is 16.8. The van der Waals surface area contributed by atoms with Crippen molar-refractivity contribution in [3.8, 4) is 0 Å². The molecule has 6 N–H and O–H groups in total. The van der Waals surface area contributed by atoms with Gasteiger partial charge in [0, 0.05) is 11.8 Å². The highest BCUT2D eigenvalue weighted by Gasteiger charge is 1.96. The van der Waals surface area contributed by atoms with Gasteiger partial charge < -0.3 is 12.3 Å². The van der Waals surface area contributed by atoms with Gasteiger partial charge in [-0.15, -0.1) is 23.2 Å². The summed E-state index contributed by atoms with van der Waals surface area (Å²) in [5.74, 6) is 2.16. The van der Waals surface area contributed by atoms with E-state index in [1.165, 1.54) is 0 Å². The summed E-state index contributed by atoms with van der Waals surface area (Å²) < 4.78 is 0. The molecule has 0 fully saturated rings. The van der Waals surface area contributed by atoms with Crippen LogP contribution in [0.3, 0.4) is 0 Å². The van der Waals surface area contributed by atoms with Gasteiger partial charge in [-0.1, -0.05) is 6.92 Å². The van der Waals surface area contributed by atoms with E-state index in [1.807, 2.05) is 0 Å². The second-order valence-electron chi connectivity index (χ2n) is 2.09. The van der Waals surface area contributed by atoms with Crippen LogP contribution in [0.15, 0.2) is 0 Å². The van der Waals surface area contributed by atoms with E-state index in [0.717, 1.165) is 24.6 Å². The van der Waals surface area contributed by atoms with Crippen LogP contribution in [0.25, 0.3) is 0 Å². The molecule has 0 aliphatic carbocycles. The minimum Gasteiger partial charge on any atom is -0.344 e. The predicted molar refractivity (Wildman–Crippen MR) is 49.9 cm³/mol. The Morgan fingerprint density at radius 1 is 1.20 bits per heavy atom. The van der Waals surface area contributed by atoms with Crippen LogP contribution >= 0.6 is 23.2 Å². The molecular formula is C6H18Cl2N2. The Morgan fingerprint density at radius 2 is 1.70 bits per heavy atom. The van der Waals surface area contributed by atoms with Crippen molar-refractivity contribution in [2.24, 2.45) is 5.92 Å². The zero-order valence-corrected chi connectivity index (χ0v) is 8.09. The Morgan fingerprint density at radius 3 is 2.00 bits per heavy atom. The molecule has 0 aliphatic rings. The fraction of sp³-hybridized carbons (Fsp3) is 1.00. The molecule has 2 nitrogen and oxygen atoms in total. The predicted octanol–water partition coefficient (Wildman–Crippen LogP) is 3.20. The van der Waals surface area contributed by atoms with E-state index >= 15 is 0 Å². The van der Waals surface area contributed by atoms with Crippen LogP contribution in [0, 0.1) is 5.92 Å². The van der Waals surface area contributed by atoms with E-state index in [-0.39, 0.29) is 12.3 Å². The third kappa shape index (κ3) is 11.3. The number of rotatable bonds is 4. The SMILES string of the molecule is CC(CCl)CCCCl.N.N. The minimum absolute atomic E-state index is 0. The summed E-state index contributed by atoms with van der Waals surface area (Å²) in [6.45, 7) is 2.14. The topological polar surface area (TPSA) is 70.0 Å². The van der Waals surface area contributed by atoms with Crippen molar-refractivity contribution in [1.29, 1.82) is 0 Å². The molecule has 1 unspecified atom stereocenters. The molecule has 0 spiro atoms. The van der Waals surface area contributed by atoms with E-state index in [1.54, 1.807) is 0 Å². The molecule has 0 radical (unpaired) electrons. The molecule has 0 bridgehead atoms. The first-order valence-corrected chi connectivity index (χ1v) is 4.00. The van der Waals surface area contributed by atoms with Crippen molar-refractivity contribution in [2.45, 2.75) is 19.8 Å². The maximum Gasteiger partial charge on any atom is 0.0249 e. The molecule has 0 saturated carbocycles. The van der Waals surface area contributed by atoms with Crippen LogP contribution < -0.4 is 12.3 Å². The lowest BCUT2D eigenvalue weighted by molar-refractivity contribution is 0.584. The number of halogens is 2. The minimum atomic E-state index is 0. The van der Waals surface area contributed by atoms with E-state index in [0.29, 0.717) is 5.92 Å². The molecule has 0 rings (SSSR count). The van der Waals surface area contributed by atoms with Gasteiger partial charge >= 0.3 is 0 Å². The number of hydrogen-bond donors (Lipinski definition) is 2. The van der Waals surface area contributed by atoms with Crippen LogP contribution in [0.4, 0.5) is 0 Å². The van der Waals surface area contributed by atoms with Crippen LogP contribution in [0.1, 0.15) is 19.8 Å². The second kappa shape index (κ2) is 12.2. The lowest BCUT2D eigenvalue weighted by Crippen LogP contribution is -1.95. The van der Waals surface area contributed by atoms with Gasteiger partial charge in [0.05, 0.1) is 0 Å². The maximum atomic E-state index is 5.54. The van der Waals surface area contributed by atoms with E-state index in [2.05, 4.69) is 6.92 Å². The summed E-state index contributed by atoms with van der Waals surface area (Å²) in [5.41, 5.74) is 0. The second-order valence-corrected chi connectivity index (χ2v) is 2.78. The fourth-order valence-electron chi connectivity index (χ4n) is 0.503. The zero-order valence-electron chi connectivity index (χ0n) is 6.58. The zero-order chi connectivity index (χ0) is 6.41. The van der Waals surface area contributed by atoms with Crippen molar-refractivity contribution in [2.75, 3.05) is 11.8 Å². The van der Waals surface area contributed by atoms with Crippen LogP contribution in [0.2, 0.25) is 0 Å². The van der Waals surface area contributed by atoms with Gasteiger partial charge in [-0.2, -0.15) is 0 Å². The maximum absolute atomic E-state index is 5.54. The molecule has 0 heterocycles.